The van der Waals surface area contributed by atoms with Crippen molar-refractivity contribution in [2.24, 2.45) is 5.73 Å². The van der Waals surface area contributed by atoms with Crippen LogP contribution in [-0.2, 0) is 0 Å². The zero-order valence-corrected chi connectivity index (χ0v) is 9.14. The van der Waals surface area contributed by atoms with Crippen molar-refractivity contribution in [2.45, 2.75) is 13.0 Å². The monoisotopic (exact) mass is 241 g/mol. The number of amides is 1. The fraction of sp³-hybridized carbons (Fsp3) is 0.300. The Morgan fingerprint density at radius 3 is 2.82 bits per heavy atom. The van der Waals surface area contributed by atoms with Crippen LogP contribution in [0.2, 0.25) is 0 Å². The van der Waals surface area contributed by atoms with Crippen LogP contribution in [-0.4, -0.2) is 23.4 Å². The first-order valence-electron chi connectivity index (χ1n) is 4.90. The van der Waals surface area contributed by atoms with Crippen LogP contribution in [0, 0.1) is 15.9 Å². The minimum absolute atomic E-state index is 0.197. The van der Waals surface area contributed by atoms with Crippen molar-refractivity contribution in [3.63, 3.8) is 0 Å². The summed E-state index contributed by atoms with van der Waals surface area (Å²) in [5.41, 5.74) is 4.60. The van der Waals surface area contributed by atoms with E-state index in [1.807, 2.05) is 0 Å². The second-order valence-corrected chi connectivity index (χ2v) is 3.53. The third-order valence-electron chi connectivity index (χ3n) is 2.14. The molecule has 0 spiro atoms. The van der Waals surface area contributed by atoms with Crippen LogP contribution in [0.4, 0.5) is 10.1 Å². The van der Waals surface area contributed by atoms with E-state index in [-0.39, 0.29) is 23.8 Å². The maximum atomic E-state index is 13.3. The van der Waals surface area contributed by atoms with Gasteiger partial charge in [-0.25, -0.2) is 4.39 Å². The standard InChI is InChI=1S/C10H12FN3O3/c1-6(5-12)13-10(15)8-4-7(14(16)17)2-3-9(8)11/h2-4,6H,5,12H2,1H3,(H,13,15)/t6-/m1/s1. The Morgan fingerprint density at radius 2 is 2.29 bits per heavy atom. The number of non-ortho nitro benzene ring substituents is 1. The highest BCUT2D eigenvalue weighted by Crippen LogP contribution is 2.16. The molecule has 0 aromatic heterocycles. The summed E-state index contributed by atoms with van der Waals surface area (Å²) in [5, 5.41) is 12.9. The lowest BCUT2D eigenvalue weighted by atomic mass is 10.1. The van der Waals surface area contributed by atoms with Crippen LogP contribution in [0.3, 0.4) is 0 Å². The molecule has 7 heteroatoms. The fourth-order valence-corrected chi connectivity index (χ4v) is 1.16. The lowest BCUT2D eigenvalue weighted by molar-refractivity contribution is -0.384. The number of nitro benzene ring substituents is 1. The first kappa shape index (κ1) is 13.0. The van der Waals surface area contributed by atoms with E-state index in [0.717, 1.165) is 18.2 Å². The molecule has 0 heterocycles. The molecule has 0 radical (unpaired) electrons. The van der Waals surface area contributed by atoms with Gasteiger partial charge in [-0.1, -0.05) is 0 Å². The molecule has 0 aliphatic heterocycles. The van der Waals surface area contributed by atoms with E-state index in [9.17, 15) is 19.3 Å². The van der Waals surface area contributed by atoms with Crippen LogP contribution >= 0.6 is 0 Å². The van der Waals surface area contributed by atoms with Crippen molar-refractivity contribution in [2.75, 3.05) is 6.54 Å². The summed E-state index contributed by atoms with van der Waals surface area (Å²) in [6.45, 7) is 1.84. The fourth-order valence-electron chi connectivity index (χ4n) is 1.16. The molecule has 1 aromatic carbocycles. The minimum Gasteiger partial charge on any atom is -0.348 e. The number of halogens is 1. The second kappa shape index (κ2) is 5.35. The highest BCUT2D eigenvalue weighted by atomic mass is 19.1. The summed E-state index contributed by atoms with van der Waals surface area (Å²) in [4.78, 5) is 21.4. The van der Waals surface area contributed by atoms with Gasteiger partial charge in [-0.2, -0.15) is 0 Å². The number of nitrogens with zero attached hydrogens (tertiary/aromatic N) is 1. The molecule has 3 N–H and O–H groups in total. The van der Waals surface area contributed by atoms with Gasteiger partial charge in [-0.3, -0.25) is 14.9 Å². The molecule has 92 valence electrons. The van der Waals surface area contributed by atoms with E-state index < -0.39 is 16.6 Å². The molecular formula is C10H12FN3O3. The summed E-state index contributed by atoms with van der Waals surface area (Å²) in [5.74, 6) is -1.53. The van der Waals surface area contributed by atoms with Gasteiger partial charge in [0.15, 0.2) is 0 Å². The van der Waals surface area contributed by atoms with Gasteiger partial charge in [0.1, 0.15) is 5.82 Å². The van der Waals surface area contributed by atoms with Gasteiger partial charge in [0.2, 0.25) is 0 Å². The Balaban J connectivity index is 3.00. The van der Waals surface area contributed by atoms with Gasteiger partial charge >= 0.3 is 0 Å². The zero-order chi connectivity index (χ0) is 13.0. The number of benzene rings is 1. The Kier molecular flexibility index (Phi) is 4.11. The molecule has 1 atom stereocenters. The molecule has 0 saturated heterocycles. The highest BCUT2D eigenvalue weighted by molar-refractivity contribution is 5.95. The predicted molar refractivity (Wildman–Crippen MR) is 59.0 cm³/mol. The van der Waals surface area contributed by atoms with Crippen molar-refractivity contribution in [1.29, 1.82) is 0 Å². The minimum atomic E-state index is -0.808. The van der Waals surface area contributed by atoms with Crippen LogP contribution in [0.5, 0.6) is 0 Å². The number of carbonyl (C=O) groups is 1. The van der Waals surface area contributed by atoms with E-state index in [2.05, 4.69) is 5.32 Å². The molecule has 0 aliphatic rings. The molecule has 0 aliphatic carbocycles. The number of hydrogen-bond donors (Lipinski definition) is 2. The van der Waals surface area contributed by atoms with Gasteiger partial charge in [-0.15, -0.1) is 0 Å². The average molecular weight is 241 g/mol. The summed E-state index contributed by atoms with van der Waals surface area (Å²) in [6, 6.07) is 2.45. The lowest BCUT2D eigenvalue weighted by Gasteiger charge is -2.11. The van der Waals surface area contributed by atoms with Crippen molar-refractivity contribution < 1.29 is 14.1 Å². The number of nitrogens with one attached hydrogen (secondary N) is 1. The zero-order valence-electron chi connectivity index (χ0n) is 9.14. The maximum absolute atomic E-state index is 13.3. The molecule has 1 rings (SSSR count). The molecule has 17 heavy (non-hydrogen) atoms. The third-order valence-corrected chi connectivity index (χ3v) is 2.14. The lowest BCUT2D eigenvalue weighted by Crippen LogP contribution is -2.38. The van der Waals surface area contributed by atoms with Gasteiger partial charge < -0.3 is 11.1 Å². The van der Waals surface area contributed by atoms with Crippen molar-refractivity contribution in [3.05, 3.63) is 39.7 Å². The molecule has 0 unspecified atom stereocenters. The average Bonchev–Trinajstić information content (AvgIpc) is 2.28. The van der Waals surface area contributed by atoms with E-state index in [1.54, 1.807) is 6.92 Å². The number of rotatable bonds is 4. The maximum Gasteiger partial charge on any atom is 0.270 e. The predicted octanol–water partition coefficient (Wildman–Crippen LogP) is 0.811. The topological polar surface area (TPSA) is 98.3 Å². The second-order valence-electron chi connectivity index (χ2n) is 3.53. The largest absolute Gasteiger partial charge is 0.348 e. The third kappa shape index (κ3) is 3.22. The van der Waals surface area contributed by atoms with Gasteiger partial charge in [0, 0.05) is 24.7 Å². The summed E-state index contributed by atoms with van der Waals surface area (Å²) >= 11 is 0. The van der Waals surface area contributed by atoms with Crippen LogP contribution < -0.4 is 11.1 Å². The highest BCUT2D eigenvalue weighted by Gasteiger charge is 2.17. The van der Waals surface area contributed by atoms with Crippen molar-refractivity contribution >= 4 is 11.6 Å². The van der Waals surface area contributed by atoms with E-state index in [1.165, 1.54) is 0 Å². The molecule has 0 saturated carbocycles. The molecule has 1 aromatic rings. The van der Waals surface area contributed by atoms with E-state index >= 15 is 0 Å². The normalized spacial score (nSPS) is 11.9. The SMILES string of the molecule is C[C@H](CN)NC(=O)c1cc([N+](=O)[O-])ccc1F. The molecule has 1 amide bonds. The molecule has 0 fully saturated rings. The van der Waals surface area contributed by atoms with Crippen LogP contribution in [0.1, 0.15) is 17.3 Å². The van der Waals surface area contributed by atoms with Crippen molar-refractivity contribution in [1.82, 2.24) is 5.32 Å². The Bertz CT molecular complexity index is 450. The van der Waals surface area contributed by atoms with E-state index in [4.69, 9.17) is 5.73 Å². The van der Waals surface area contributed by atoms with Crippen LogP contribution in [0.25, 0.3) is 0 Å². The van der Waals surface area contributed by atoms with Gasteiger partial charge in [0.05, 0.1) is 10.5 Å². The van der Waals surface area contributed by atoms with Gasteiger partial charge in [-0.05, 0) is 13.0 Å². The number of nitro groups is 1. The quantitative estimate of drug-likeness (QED) is 0.602. The Morgan fingerprint density at radius 1 is 1.65 bits per heavy atom. The number of carbonyl (C=O) groups excluding carboxylic acids is 1. The van der Waals surface area contributed by atoms with Crippen LogP contribution in [0.15, 0.2) is 18.2 Å². The van der Waals surface area contributed by atoms with Crippen molar-refractivity contribution in [3.8, 4) is 0 Å². The first-order chi connectivity index (χ1) is 7.95. The molecular weight excluding hydrogens is 229 g/mol. The van der Waals surface area contributed by atoms with E-state index in [0.29, 0.717) is 0 Å². The number of nitrogens with two attached hydrogens (primary N) is 1. The molecule has 6 nitrogen and oxygen atoms in total. The van der Waals surface area contributed by atoms with Gasteiger partial charge in [0.25, 0.3) is 11.6 Å². The summed E-state index contributed by atoms with van der Waals surface area (Å²) in [7, 11) is 0. The Hall–Kier alpha value is -2.02. The first-order valence-corrected chi connectivity index (χ1v) is 4.90. The number of hydrogen-bond acceptors (Lipinski definition) is 4. The Labute approximate surface area is 96.8 Å². The summed E-state index contributed by atoms with van der Waals surface area (Å²) < 4.78 is 13.3. The molecule has 0 bridgehead atoms. The smallest absolute Gasteiger partial charge is 0.270 e. The summed E-state index contributed by atoms with van der Waals surface area (Å²) in [6.07, 6.45) is 0.